The van der Waals surface area contributed by atoms with Gasteiger partial charge in [-0.1, -0.05) is 71.9 Å². The first kappa shape index (κ1) is 26.6. The highest BCUT2D eigenvalue weighted by Gasteiger charge is 2.15. The highest BCUT2D eigenvalue weighted by Crippen LogP contribution is 2.21. The molecule has 0 aliphatic carbocycles. The molecule has 0 radical (unpaired) electrons. The number of rotatable bonds is 12. The molecule has 2 amide bonds. The van der Waals surface area contributed by atoms with E-state index in [-0.39, 0.29) is 23.1 Å². The molecule has 0 saturated heterocycles. The molecule has 37 heavy (non-hydrogen) atoms. The van der Waals surface area contributed by atoms with Crippen LogP contribution in [0.15, 0.2) is 76.0 Å². The second-order valence-corrected chi connectivity index (χ2v) is 10.6. The Hall–Kier alpha value is -3.43. The van der Waals surface area contributed by atoms with E-state index in [0.717, 1.165) is 12.0 Å². The van der Waals surface area contributed by atoms with Gasteiger partial charge in [-0.3, -0.25) is 19.0 Å². The molecule has 0 unspecified atom stereocenters. The van der Waals surface area contributed by atoms with Crippen molar-refractivity contribution in [2.75, 3.05) is 12.3 Å². The molecule has 0 aliphatic rings. The molecule has 0 bridgehead atoms. The van der Waals surface area contributed by atoms with Crippen LogP contribution in [0.2, 0.25) is 0 Å². The summed E-state index contributed by atoms with van der Waals surface area (Å²) < 4.78 is 2.18. The second kappa shape index (κ2) is 13.2. The molecular weight excluding hydrogens is 504 g/mol. The Morgan fingerprint density at radius 1 is 0.973 bits per heavy atom. The van der Waals surface area contributed by atoms with Crippen molar-refractivity contribution in [3.8, 4) is 0 Å². The molecule has 0 aliphatic heterocycles. The predicted molar refractivity (Wildman–Crippen MR) is 150 cm³/mol. The molecule has 2 N–H and O–H groups in total. The van der Waals surface area contributed by atoms with Gasteiger partial charge in [0.15, 0.2) is 5.16 Å². The van der Waals surface area contributed by atoms with E-state index in [2.05, 4.69) is 15.6 Å². The quantitative estimate of drug-likeness (QED) is 0.209. The van der Waals surface area contributed by atoms with Crippen molar-refractivity contribution in [3.05, 3.63) is 93.1 Å². The van der Waals surface area contributed by atoms with Gasteiger partial charge in [0, 0.05) is 26.1 Å². The molecule has 2 aromatic heterocycles. The summed E-state index contributed by atoms with van der Waals surface area (Å²) in [5.41, 5.74) is 3.87. The van der Waals surface area contributed by atoms with Gasteiger partial charge in [-0.15, -0.1) is 11.3 Å². The number of carbonyl (C=O) groups excluding carboxylic acids is 2. The molecule has 0 saturated carbocycles. The molecule has 2 aromatic carbocycles. The van der Waals surface area contributed by atoms with Gasteiger partial charge >= 0.3 is 0 Å². The highest BCUT2D eigenvalue weighted by molar-refractivity contribution is 7.99. The van der Waals surface area contributed by atoms with Crippen LogP contribution in [0, 0.1) is 6.92 Å². The molecule has 7 nitrogen and oxygen atoms in total. The maximum absolute atomic E-state index is 13.1. The maximum atomic E-state index is 13.1. The normalized spacial score (nSPS) is 10.9. The van der Waals surface area contributed by atoms with Crippen LogP contribution < -0.4 is 16.2 Å². The third-order valence-electron chi connectivity index (χ3n) is 5.84. The monoisotopic (exact) mass is 534 g/mol. The summed E-state index contributed by atoms with van der Waals surface area (Å²) in [5.74, 6) is -0.0260. The predicted octanol–water partition coefficient (Wildman–Crippen LogP) is 4.31. The van der Waals surface area contributed by atoms with Gasteiger partial charge in [0.1, 0.15) is 4.70 Å². The molecular formula is C28H30N4O3S2. The number of hydrogen-bond acceptors (Lipinski definition) is 6. The number of fused-ring (bicyclic) bond motifs is 1. The van der Waals surface area contributed by atoms with Gasteiger partial charge in [0.25, 0.3) is 5.56 Å². The smallest absolute Gasteiger partial charge is 0.272 e. The van der Waals surface area contributed by atoms with Crippen molar-refractivity contribution in [2.45, 2.75) is 44.4 Å². The molecule has 9 heteroatoms. The summed E-state index contributed by atoms with van der Waals surface area (Å²) in [6.07, 6.45) is 1.59. The number of thioether (sulfide) groups is 1. The van der Waals surface area contributed by atoms with Crippen LogP contribution in [0.1, 0.15) is 29.5 Å². The van der Waals surface area contributed by atoms with Crippen LogP contribution in [-0.2, 0) is 29.1 Å². The van der Waals surface area contributed by atoms with Crippen molar-refractivity contribution in [1.82, 2.24) is 20.2 Å². The van der Waals surface area contributed by atoms with E-state index in [1.807, 2.05) is 73.0 Å². The van der Waals surface area contributed by atoms with E-state index < -0.39 is 0 Å². The average molecular weight is 535 g/mol. The first-order chi connectivity index (χ1) is 18.0. The Balaban J connectivity index is 1.31. The highest BCUT2D eigenvalue weighted by atomic mass is 32.2. The zero-order valence-electron chi connectivity index (χ0n) is 20.7. The topological polar surface area (TPSA) is 93.1 Å². The Labute approximate surface area is 224 Å². The van der Waals surface area contributed by atoms with Gasteiger partial charge in [-0.2, -0.15) is 0 Å². The molecule has 0 fully saturated rings. The minimum Gasteiger partial charge on any atom is -0.356 e. The van der Waals surface area contributed by atoms with Crippen LogP contribution >= 0.6 is 23.1 Å². The van der Waals surface area contributed by atoms with E-state index in [9.17, 15) is 14.4 Å². The summed E-state index contributed by atoms with van der Waals surface area (Å²) >= 11 is 2.59. The Kier molecular flexibility index (Phi) is 9.51. The summed E-state index contributed by atoms with van der Waals surface area (Å²) in [5, 5.41) is 8.19. The molecule has 0 atom stereocenters. The van der Waals surface area contributed by atoms with Crippen LogP contribution in [-0.4, -0.2) is 33.7 Å². The number of amides is 2. The largest absolute Gasteiger partial charge is 0.356 e. The fraction of sp³-hybridized carbons (Fsp3) is 0.286. The van der Waals surface area contributed by atoms with Crippen molar-refractivity contribution < 1.29 is 9.59 Å². The number of hydrogen-bond donors (Lipinski definition) is 2. The van der Waals surface area contributed by atoms with Crippen molar-refractivity contribution in [3.63, 3.8) is 0 Å². The Bertz CT molecular complexity index is 1400. The number of aromatic nitrogens is 2. The minimum atomic E-state index is -0.132. The molecule has 192 valence electrons. The summed E-state index contributed by atoms with van der Waals surface area (Å²) in [6, 6.07) is 19.8. The summed E-state index contributed by atoms with van der Waals surface area (Å²) in [6.45, 7) is 3.40. The lowest BCUT2D eigenvalue weighted by atomic mass is 10.1. The zero-order chi connectivity index (χ0) is 26.0. The number of nitrogens with zero attached hydrogens (tertiary/aromatic N) is 2. The van der Waals surface area contributed by atoms with Gasteiger partial charge < -0.3 is 10.6 Å². The number of carbonyl (C=O) groups is 2. The van der Waals surface area contributed by atoms with E-state index in [0.29, 0.717) is 47.8 Å². The van der Waals surface area contributed by atoms with Crippen molar-refractivity contribution >= 4 is 45.1 Å². The van der Waals surface area contributed by atoms with Gasteiger partial charge in [-0.25, -0.2) is 4.98 Å². The van der Waals surface area contributed by atoms with E-state index in [4.69, 9.17) is 0 Å². The van der Waals surface area contributed by atoms with E-state index in [1.54, 1.807) is 4.57 Å². The van der Waals surface area contributed by atoms with Gasteiger partial charge in [0.05, 0.1) is 11.3 Å². The standard InChI is InChI=1S/C28H30N4O3S2/c1-20-9-11-22(12-10-20)18-30-25(34)19-37-28-31-23-14-17-36-26(23)27(35)32(28)16-5-8-24(33)29-15-13-21-6-3-2-4-7-21/h2-4,6-7,9-12,14,17H,5,8,13,15-16,18-19H2,1H3,(H,29,33)(H,30,34). The third kappa shape index (κ3) is 7.77. The fourth-order valence-corrected chi connectivity index (χ4v) is 5.43. The molecule has 4 aromatic rings. The molecule has 0 spiro atoms. The average Bonchev–Trinajstić information content (AvgIpc) is 3.38. The minimum absolute atomic E-state index is 0.0428. The summed E-state index contributed by atoms with van der Waals surface area (Å²) in [4.78, 5) is 42.5. The fourth-order valence-electron chi connectivity index (χ4n) is 3.80. The molecule has 4 rings (SSSR count). The lowest BCUT2D eigenvalue weighted by Crippen LogP contribution is -2.28. The number of nitrogens with one attached hydrogen (secondary N) is 2. The van der Waals surface area contributed by atoms with Crippen LogP contribution in [0.3, 0.4) is 0 Å². The summed E-state index contributed by atoms with van der Waals surface area (Å²) in [7, 11) is 0. The number of aryl methyl sites for hydroxylation is 1. The Morgan fingerprint density at radius 2 is 1.76 bits per heavy atom. The lowest BCUT2D eigenvalue weighted by molar-refractivity contribution is -0.121. The number of benzene rings is 2. The lowest BCUT2D eigenvalue weighted by Gasteiger charge is -2.12. The van der Waals surface area contributed by atoms with Crippen LogP contribution in [0.4, 0.5) is 0 Å². The third-order valence-corrected chi connectivity index (χ3v) is 7.71. The zero-order valence-corrected chi connectivity index (χ0v) is 22.4. The first-order valence-electron chi connectivity index (χ1n) is 12.2. The van der Waals surface area contributed by atoms with Crippen LogP contribution in [0.25, 0.3) is 10.2 Å². The van der Waals surface area contributed by atoms with Crippen LogP contribution in [0.5, 0.6) is 0 Å². The van der Waals surface area contributed by atoms with E-state index >= 15 is 0 Å². The Morgan fingerprint density at radius 3 is 2.54 bits per heavy atom. The molecule has 2 heterocycles. The second-order valence-electron chi connectivity index (χ2n) is 8.73. The SMILES string of the molecule is Cc1ccc(CNC(=O)CSc2nc3ccsc3c(=O)n2CCCC(=O)NCCc2ccccc2)cc1. The number of thiophene rings is 1. The van der Waals surface area contributed by atoms with Crippen molar-refractivity contribution in [2.24, 2.45) is 0 Å². The van der Waals surface area contributed by atoms with Crippen molar-refractivity contribution in [1.29, 1.82) is 0 Å². The first-order valence-corrected chi connectivity index (χ1v) is 14.1. The maximum Gasteiger partial charge on any atom is 0.272 e. The van der Waals surface area contributed by atoms with E-state index in [1.165, 1.54) is 34.2 Å². The van der Waals surface area contributed by atoms with Gasteiger partial charge in [-0.05, 0) is 42.3 Å². The van der Waals surface area contributed by atoms with Gasteiger partial charge in [0.2, 0.25) is 11.8 Å².